The van der Waals surface area contributed by atoms with E-state index in [0.717, 1.165) is 26.9 Å². The summed E-state index contributed by atoms with van der Waals surface area (Å²) in [4.78, 5) is 0. The fraction of sp³-hybridized carbons (Fsp3) is 0.294. The maximum Gasteiger partial charge on any atom is 0.122 e. The Hall–Kier alpha value is -1.36. The van der Waals surface area contributed by atoms with Crippen LogP contribution in [-0.4, -0.2) is 18.8 Å². The van der Waals surface area contributed by atoms with Crippen molar-refractivity contribution in [3.8, 4) is 5.75 Å². The molecule has 4 heteroatoms. The van der Waals surface area contributed by atoms with Crippen LogP contribution >= 0.6 is 15.9 Å². The Morgan fingerprint density at radius 3 is 2.57 bits per heavy atom. The van der Waals surface area contributed by atoms with E-state index in [9.17, 15) is 5.11 Å². The molecule has 3 nitrogen and oxygen atoms in total. The van der Waals surface area contributed by atoms with Gasteiger partial charge in [-0.25, -0.2) is 0 Å². The van der Waals surface area contributed by atoms with E-state index in [1.54, 1.807) is 7.11 Å². The fourth-order valence-electron chi connectivity index (χ4n) is 2.45. The molecule has 0 aliphatic carbocycles. The molecule has 0 aliphatic rings. The summed E-state index contributed by atoms with van der Waals surface area (Å²) in [5.74, 6) is 0.599. The quantitative estimate of drug-likeness (QED) is 0.867. The van der Waals surface area contributed by atoms with Gasteiger partial charge in [-0.05, 0) is 35.7 Å². The summed E-state index contributed by atoms with van der Waals surface area (Å²) in [6.07, 6.45) is -0.678. The minimum Gasteiger partial charge on any atom is -0.496 e. The van der Waals surface area contributed by atoms with Crippen molar-refractivity contribution in [2.75, 3.05) is 13.7 Å². The van der Waals surface area contributed by atoms with Crippen molar-refractivity contribution < 1.29 is 9.84 Å². The van der Waals surface area contributed by atoms with E-state index >= 15 is 0 Å². The van der Waals surface area contributed by atoms with Gasteiger partial charge in [0.25, 0.3) is 0 Å². The lowest BCUT2D eigenvalue weighted by Gasteiger charge is -2.24. The monoisotopic (exact) mass is 349 g/mol. The van der Waals surface area contributed by atoms with Gasteiger partial charge in [-0.3, -0.25) is 0 Å². The Balaban J connectivity index is 2.37. The Bertz CT molecular complexity index is 615. The number of aryl methyl sites for hydroxylation is 1. The normalized spacial score (nSPS) is 13.8. The molecule has 2 aromatic carbocycles. The van der Waals surface area contributed by atoms with Gasteiger partial charge in [0.1, 0.15) is 5.75 Å². The van der Waals surface area contributed by atoms with Gasteiger partial charge < -0.3 is 15.6 Å². The Labute approximate surface area is 133 Å². The first-order valence-electron chi connectivity index (χ1n) is 6.85. The summed E-state index contributed by atoms with van der Waals surface area (Å²) >= 11 is 3.53. The number of ether oxygens (including phenoxy) is 1. The highest BCUT2D eigenvalue weighted by molar-refractivity contribution is 9.10. The maximum absolute atomic E-state index is 10.7. The largest absolute Gasteiger partial charge is 0.496 e. The predicted octanol–water partition coefficient (Wildman–Crippen LogP) is 3.54. The molecule has 0 heterocycles. The molecule has 2 atom stereocenters. The first kappa shape index (κ1) is 16.0. The second-order valence-electron chi connectivity index (χ2n) is 5.04. The first-order valence-corrected chi connectivity index (χ1v) is 7.65. The van der Waals surface area contributed by atoms with Crippen molar-refractivity contribution in [3.05, 3.63) is 63.6 Å². The molecule has 0 amide bonds. The van der Waals surface area contributed by atoms with Gasteiger partial charge in [-0.2, -0.15) is 0 Å². The highest BCUT2D eigenvalue weighted by Gasteiger charge is 2.23. The van der Waals surface area contributed by atoms with Crippen molar-refractivity contribution in [2.45, 2.75) is 18.9 Å². The standard InChI is InChI=1S/C17H20BrNO2/c1-11-7-8-12(9-16(11)21-2)17(20)14(10-19)13-5-3-4-6-15(13)18/h3-9,14,17,20H,10,19H2,1-2H3. The molecule has 112 valence electrons. The topological polar surface area (TPSA) is 55.5 Å². The van der Waals surface area contributed by atoms with E-state index in [-0.39, 0.29) is 5.92 Å². The molecule has 2 rings (SSSR count). The van der Waals surface area contributed by atoms with Gasteiger partial charge in [0.05, 0.1) is 13.2 Å². The minimum absolute atomic E-state index is 0.173. The third-order valence-electron chi connectivity index (χ3n) is 3.71. The van der Waals surface area contributed by atoms with Gasteiger partial charge in [0.15, 0.2) is 0 Å². The van der Waals surface area contributed by atoms with Crippen LogP contribution in [0.5, 0.6) is 5.75 Å². The SMILES string of the molecule is COc1cc(C(O)C(CN)c2ccccc2Br)ccc1C. The highest BCUT2D eigenvalue weighted by atomic mass is 79.9. The molecular weight excluding hydrogens is 330 g/mol. The van der Waals surface area contributed by atoms with Crippen LogP contribution in [0.15, 0.2) is 46.9 Å². The predicted molar refractivity (Wildman–Crippen MR) is 88.6 cm³/mol. The van der Waals surface area contributed by atoms with Crippen LogP contribution in [-0.2, 0) is 0 Å². The van der Waals surface area contributed by atoms with E-state index in [0.29, 0.717) is 6.54 Å². The summed E-state index contributed by atoms with van der Waals surface area (Å²) in [6, 6.07) is 13.6. The summed E-state index contributed by atoms with van der Waals surface area (Å²) in [7, 11) is 1.63. The Morgan fingerprint density at radius 1 is 1.24 bits per heavy atom. The molecule has 0 aromatic heterocycles. The van der Waals surface area contributed by atoms with Crippen molar-refractivity contribution in [3.63, 3.8) is 0 Å². The lowest BCUT2D eigenvalue weighted by Crippen LogP contribution is -2.20. The number of halogens is 1. The molecule has 2 unspecified atom stereocenters. The molecule has 0 fully saturated rings. The number of nitrogens with two attached hydrogens (primary N) is 1. The summed E-state index contributed by atoms with van der Waals surface area (Å²) in [5, 5.41) is 10.7. The van der Waals surface area contributed by atoms with Crippen LogP contribution in [0.1, 0.15) is 28.7 Å². The van der Waals surface area contributed by atoms with Crippen molar-refractivity contribution in [2.24, 2.45) is 5.73 Å². The second kappa shape index (κ2) is 7.07. The highest BCUT2D eigenvalue weighted by Crippen LogP contribution is 2.35. The third-order valence-corrected chi connectivity index (χ3v) is 4.44. The Morgan fingerprint density at radius 2 is 1.95 bits per heavy atom. The second-order valence-corrected chi connectivity index (χ2v) is 5.89. The molecular formula is C17H20BrNO2. The molecule has 21 heavy (non-hydrogen) atoms. The number of aliphatic hydroxyl groups is 1. The lowest BCUT2D eigenvalue weighted by molar-refractivity contribution is 0.147. The zero-order valence-corrected chi connectivity index (χ0v) is 13.8. The summed E-state index contributed by atoms with van der Waals surface area (Å²) in [5.41, 5.74) is 8.76. The van der Waals surface area contributed by atoms with Crippen LogP contribution in [0.25, 0.3) is 0 Å². The average molecular weight is 350 g/mol. The Kier molecular flexibility index (Phi) is 5.39. The van der Waals surface area contributed by atoms with Crippen molar-refractivity contribution in [1.82, 2.24) is 0 Å². The van der Waals surface area contributed by atoms with Gasteiger partial charge in [-0.1, -0.05) is 46.3 Å². The molecule has 0 radical (unpaired) electrons. The van der Waals surface area contributed by atoms with Gasteiger partial charge in [0, 0.05) is 16.9 Å². The van der Waals surface area contributed by atoms with Crippen molar-refractivity contribution in [1.29, 1.82) is 0 Å². The molecule has 0 aliphatic heterocycles. The van der Waals surface area contributed by atoms with E-state index in [1.807, 2.05) is 49.4 Å². The molecule has 0 bridgehead atoms. The number of hydrogen-bond donors (Lipinski definition) is 2. The summed E-state index contributed by atoms with van der Waals surface area (Å²) < 4.78 is 6.28. The van der Waals surface area contributed by atoms with Gasteiger partial charge in [-0.15, -0.1) is 0 Å². The molecule has 0 saturated heterocycles. The number of methoxy groups -OCH3 is 1. The third kappa shape index (κ3) is 3.46. The first-order chi connectivity index (χ1) is 10.1. The number of aliphatic hydroxyl groups excluding tert-OH is 1. The van der Waals surface area contributed by atoms with Crippen LogP contribution in [0.4, 0.5) is 0 Å². The number of rotatable bonds is 5. The van der Waals surface area contributed by atoms with Crippen LogP contribution in [0.3, 0.4) is 0 Å². The molecule has 2 aromatic rings. The average Bonchev–Trinajstić information content (AvgIpc) is 2.50. The summed E-state index contributed by atoms with van der Waals surface area (Å²) in [6.45, 7) is 2.34. The van der Waals surface area contributed by atoms with E-state index in [4.69, 9.17) is 10.5 Å². The number of hydrogen-bond acceptors (Lipinski definition) is 3. The zero-order chi connectivity index (χ0) is 15.4. The van der Waals surface area contributed by atoms with Crippen molar-refractivity contribution >= 4 is 15.9 Å². The zero-order valence-electron chi connectivity index (χ0n) is 12.2. The van der Waals surface area contributed by atoms with Crippen LogP contribution < -0.4 is 10.5 Å². The molecule has 0 spiro atoms. The van der Waals surface area contributed by atoms with Gasteiger partial charge in [0.2, 0.25) is 0 Å². The van der Waals surface area contributed by atoms with E-state index in [2.05, 4.69) is 15.9 Å². The van der Waals surface area contributed by atoms with Crippen LogP contribution in [0, 0.1) is 6.92 Å². The lowest BCUT2D eigenvalue weighted by atomic mass is 9.89. The smallest absolute Gasteiger partial charge is 0.122 e. The van der Waals surface area contributed by atoms with Gasteiger partial charge >= 0.3 is 0 Å². The fourth-order valence-corrected chi connectivity index (χ4v) is 3.03. The minimum atomic E-state index is -0.678. The number of benzene rings is 2. The van der Waals surface area contributed by atoms with Crippen LogP contribution in [0.2, 0.25) is 0 Å². The van der Waals surface area contributed by atoms with E-state index < -0.39 is 6.10 Å². The molecule has 3 N–H and O–H groups in total. The maximum atomic E-state index is 10.7. The van der Waals surface area contributed by atoms with E-state index in [1.165, 1.54) is 0 Å². The molecule has 0 saturated carbocycles.